The molecule has 130 valence electrons. The van der Waals surface area contributed by atoms with Crippen LogP contribution in [0.25, 0.3) is 0 Å². The largest absolute Gasteiger partial charge is 0.493 e. The molecule has 1 aromatic heterocycles. The smallest absolute Gasteiger partial charge is 0.255 e. The van der Waals surface area contributed by atoms with E-state index < -0.39 is 12.0 Å². The number of benzene rings is 1. The predicted molar refractivity (Wildman–Crippen MR) is 95.4 cm³/mol. The van der Waals surface area contributed by atoms with Crippen molar-refractivity contribution in [2.24, 2.45) is 0 Å². The average Bonchev–Trinajstić information content (AvgIpc) is 2.62. The maximum atomic E-state index is 12.4. The van der Waals surface area contributed by atoms with Gasteiger partial charge in [-0.15, -0.1) is 0 Å². The lowest BCUT2D eigenvalue weighted by Crippen LogP contribution is -2.37. The fraction of sp³-hybridized carbons (Fsp3) is 0.222. The van der Waals surface area contributed by atoms with Gasteiger partial charge in [0, 0.05) is 35.1 Å². The Morgan fingerprint density at radius 1 is 1.32 bits per heavy atom. The van der Waals surface area contributed by atoms with Crippen LogP contribution in [0.3, 0.4) is 0 Å². The molecule has 0 aliphatic carbocycles. The van der Waals surface area contributed by atoms with Crippen LogP contribution in [0.4, 0.5) is 5.69 Å². The second-order valence-electron chi connectivity index (χ2n) is 5.68. The molecule has 1 unspecified atom stereocenters. The molecule has 0 bridgehead atoms. The second kappa shape index (κ2) is 7.13. The highest BCUT2D eigenvalue weighted by molar-refractivity contribution is 6.30. The second-order valence-corrected chi connectivity index (χ2v) is 6.12. The first kappa shape index (κ1) is 17.3. The molecule has 0 spiro atoms. The van der Waals surface area contributed by atoms with Gasteiger partial charge in [0.2, 0.25) is 5.88 Å². The minimum atomic E-state index is -1.16. The lowest BCUT2D eigenvalue weighted by atomic mass is 9.99. The Labute approximate surface area is 150 Å². The molecule has 0 radical (unpaired) electrons. The van der Waals surface area contributed by atoms with Crippen molar-refractivity contribution in [3.05, 3.63) is 70.5 Å². The lowest BCUT2D eigenvalue weighted by Gasteiger charge is -2.34. The molecule has 6 nitrogen and oxygen atoms in total. The van der Waals surface area contributed by atoms with Crippen LogP contribution in [0, 0.1) is 0 Å². The maximum Gasteiger partial charge on any atom is 0.255 e. The molecule has 2 aromatic rings. The summed E-state index contributed by atoms with van der Waals surface area (Å²) in [6, 6.07) is 8.15. The van der Waals surface area contributed by atoms with Crippen LogP contribution in [0.5, 0.6) is 0 Å². The number of hydrogen-bond acceptors (Lipinski definition) is 5. The Balaban J connectivity index is 1.99. The SMILES string of the molecule is CCCN1C(O)=C(NC(=O)c2ccncc2)C(O)c2ccc(Cl)cc21. The summed E-state index contributed by atoms with van der Waals surface area (Å²) in [5.74, 6) is -0.622. The van der Waals surface area contributed by atoms with Gasteiger partial charge in [-0.25, -0.2) is 0 Å². The van der Waals surface area contributed by atoms with Crippen LogP contribution in [-0.4, -0.2) is 27.6 Å². The highest BCUT2D eigenvalue weighted by Crippen LogP contribution is 2.39. The summed E-state index contributed by atoms with van der Waals surface area (Å²) >= 11 is 6.06. The Kier molecular flexibility index (Phi) is 4.92. The van der Waals surface area contributed by atoms with Gasteiger partial charge in [-0.3, -0.25) is 9.78 Å². The molecule has 3 rings (SSSR count). The first-order valence-electron chi connectivity index (χ1n) is 7.92. The molecule has 1 aliphatic heterocycles. The van der Waals surface area contributed by atoms with Crippen molar-refractivity contribution >= 4 is 23.2 Å². The monoisotopic (exact) mass is 359 g/mol. The standard InChI is InChI=1S/C18H18ClN3O3/c1-2-9-22-14-10-12(19)3-4-13(14)16(23)15(18(22)25)21-17(24)11-5-7-20-8-6-11/h3-8,10,16,23,25H,2,9H2,1H3,(H,21,24). The highest BCUT2D eigenvalue weighted by atomic mass is 35.5. The van der Waals surface area contributed by atoms with E-state index in [0.717, 1.165) is 6.42 Å². The molecule has 2 heterocycles. The quantitative estimate of drug-likeness (QED) is 0.780. The number of fused-ring (bicyclic) bond motifs is 1. The van der Waals surface area contributed by atoms with Gasteiger partial charge < -0.3 is 20.4 Å². The molecule has 0 saturated carbocycles. The molecule has 0 fully saturated rings. The molecule has 7 heteroatoms. The molecule has 1 atom stereocenters. The Bertz CT molecular complexity index is 824. The van der Waals surface area contributed by atoms with E-state index in [4.69, 9.17) is 11.6 Å². The number of hydrogen-bond donors (Lipinski definition) is 3. The van der Waals surface area contributed by atoms with Crippen molar-refractivity contribution in [2.75, 3.05) is 11.4 Å². The number of nitrogens with zero attached hydrogens (tertiary/aromatic N) is 2. The van der Waals surface area contributed by atoms with Gasteiger partial charge in [0.1, 0.15) is 11.8 Å². The fourth-order valence-corrected chi connectivity index (χ4v) is 2.96. The van der Waals surface area contributed by atoms with Crippen LogP contribution in [0.2, 0.25) is 5.02 Å². The minimum Gasteiger partial charge on any atom is -0.493 e. The number of halogens is 1. The summed E-state index contributed by atoms with van der Waals surface area (Å²) in [6.45, 7) is 2.48. The molecular weight excluding hydrogens is 342 g/mol. The Morgan fingerprint density at radius 3 is 2.72 bits per heavy atom. The van der Waals surface area contributed by atoms with Crippen molar-refractivity contribution in [1.82, 2.24) is 10.3 Å². The number of carbonyl (C=O) groups excluding carboxylic acids is 1. The Morgan fingerprint density at radius 2 is 2.04 bits per heavy atom. The lowest BCUT2D eigenvalue weighted by molar-refractivity contribution is 0.0939. The molecule has 1 aliphatic rings. The van der Waals surface area contributed by atoms with E-state index in [2.05, 4.69) is 10.3 Å². The highest BCUT2D eigenvalue weighted by Gasteiger charge is 2.32. The normalized spacial score (nSPS) is 16.6. The predicted octanol–water partition coefficient (Wildman–Crippen LogP) is 3.16. The summed E-state index contributed by atoms with van der Waals surface area (Å²) in [6.07, 6.45) is 2.60. The zero-order chi connectivity index (χ0) is 18.0. The van der Waals surface area contributed by atoms with Crippen LogP contribution >= 0.6 is 11.6 Å². The third kappa shape index (κ3) is 3.31. The molecule has 3 N–H and O–H groups in total. The topological polar surface area (TPSA) is 85.7 Å². The summed E-state index contributed by atoms with van der Waals surface area (Å²) < 4.78 is 0. The fourth-order valence-electron chi connectivity index (χ4n) is 2.79. The zero-order valence-corrected chi connectivity index (χ0v) is 14.4. The van der Waals surface area contributed by atoms with Gasteiger partial charge in [0.05, 0.1) is 5.69 Å². The summed E-state index contributed by atoms with van der Waals surface area (Å²) in [5.41, 5.74) is 1.62. The number of anilines is 1. The van der Waals surface area contributed by atoms with Gasteiger partial charge in [-0.05, 0) is 30.7 Å². The molecule has 0 saturated heterocycles. The number of amides is 1. The number of carbonyl (C=O) groups is 1. The number of nitrogens with one attached hydrogen (secondary N) is 1. The Hall–Kier alpha value is -2.57. The molecule has 1 amide bonds. The first-order chi connectivity index (χ1) is 12.0. The van der Waals surface area contributed by atoms with Gasteiger partial charge >= 0.3 is 0 Å². The van der Waals surface area contributed by atoms with E-state index in [1.54, 1.807) is 35.2 Å². The van der Waals surface area contributed by atoms with Crippen molar-refractivity contribution in [3.8, 4) is 0 Å². The van der Waals surface area contributed by atoms with Crippen LogP contribution in [0.1, 0.15) is 35.4 Å². The number of aliphatic hydroxyl groups is 2. The van der Waals surface area contributed by atoms with Gasteiger partial charge in [-0.2, -0.15) is 0 Å². The average molecular weight is 360 g/mol. The number of aromatic nitrogens is 1. The third-order valence-corrected chi connectivity index (χ3v) is 4.22. The van der Waals surface area contributed by atoms with Crippen molar-refractivity contribution < 1.29 is 15.0 Å². The van der Waals surface area contributed by atoms with E-state index in [0.29, 0.717) is 28.4 Å². The third-order valence-electron chi connectivity index (χ3n) is 3.99. The maximum absolute atomic E-state index is 12.4. The van der Waals surface area contributed by atoms with E-state index in [1.807, 2.05) is 6.92 Å². The van der Waals surface area contributed by atoms with Crippen LogP contribution < -0.4 is 10.2 Å². The summed E-state index contributed by atoms with van der Waals surface area (Å²) in [7, 11) is 0. The summed E-state index contributed by atoms with van der Waals surface area (Å²) in [5, 5.41) is 24.4. The zero-order valence-electron chi connectivity index (χ0n) is 13.6. The van der Waals surface area contributed by atoms with E-state index in [1.165, 1.54) is 12.4 Å². The first-order valence-corrected chi connectivity index (χ1v) is 8.30. The number of pyridine rings is 1. The molecule has 1 aromatic carbocycles. The van der Waals surface area contributed by atoms with Crippen LogP contribution in [-0.2, 0) is 0 Å². The number of aliphatic hydroxyl groups excluding tert-OH is 2. The van der Waals surface area contributed by atoms with Gasteiger partial charge in [0.25, 0.3) is 5.91 Å². The summed E-state index contributed by atoms with van der Waals surface area (Å²) in [4.78, 5) is 17.9. The molecular formula is C18H18ClN3O3. The van der Waals surface area contributed by atoms with E-state index in [-0.39, 0.29) is 11.6 Å². The minimum absolute atomic E-state index is 0.0464. The van der Waals surface area contributed by atoms with Crippen molar-refractivity contribution in [1.29, 1.82) is 0 Å². The van der Waals surface area contributed by atoms with Gasteiger partial charge in [0.15, 0.2) is 0 Å². The van der Waals surface area contributed by atoms with Crippen molar-refractivity contribution in [2.45, 2.75) is 19.4 Å². The molecule has 25 heavy (non-hydrogen) atoms. The van der Waals surface area contributed by atoms with E-state index in [9.17, 15) is 15.0 Å². The van der Waals surface area contributed by atoms with Crippen LogP contribution in [0.15, 0.2) is 54.3 Å². The number of rotatable bonds is 4. The van der Waals surface area contributed by atoms with Gasteiger partial charge in [-0.1, -0.05) is 24.6 Å². The van der Waals surface area contributed by atoms with E-state index >= 15 is 0 Å². The van der Waals surface area contributed by atoms with Crippen molar-refractivity contribution in [3.63, 3.8) is 0 Å².